The lowest BCUT2D eigenvalue weighted by molar-refractivity contribution is -0.114. The van der Waals surface area contributed by atoms with Gasteiger partial charge in [-0.15, -0.1) is 0 Å². The minimum absolute atomic E-state index is 0.0345. The third kappa shape index (κ3) is 4.64. The first kappa shape index (κ1) is 17.7. The van der Waals surface area contributed by atoms with E-state index in [0.717, 1.165) is 18.2 Å². The van der Waals surface area contributed by atoms with Crippen molar-refractivity contribution in [1.29, 1.82) is 0 Å². The Morgan fingerprint density at radius 1 is 0.760 bits per heavy atom. The molecule has 2 amide bonds. The Hall–Kier alpha value is -3.68. The van der Waals surface area contributed by atoms with Gasteiger partial charge in [0.15, 0.2) is 0 Å². The lowest BCUT2D eigenvalue weighted by Crippen LogP contribution is -2.14. The number of nitrogens with one attached hydrogen (secondary N) is 2. The minimum atomic E-state index is -1.31. The molecule has 0 aromatic heterocycles. The highest BCUT2D eigenvalue weighted by molar-refractivity contribution is 6.06. The number of hydrogen-bond acceptors (Lipinski definition) is 4. The molecule has 0 aliphatic rings. The lowest BCUT2D eigenvalue weighted by Gasteiger charge is -2.09. The van der Waals surface area contributed by atoms with Crippen molar-refractivity contribution in [3.05, 3.63) is 59.2 Å². The lowest BCUT2D eigenvalue weighted by atomic mass is 10.1. The van der Waals surface area contributed by atoms with Gasteiger partial charge in [0.2, 0.25) is 5.91 Å². The molecule has 8 heteroatoms. The van der Waals surface area contributed by atoms with Crippen molar-refractivity contribution >= 4 is 35.1 Å². The molecule has 0 saturated heterocycles. The molecule has 0 heterocycles. The van der Waals surface area contributed by atoms with Crippen molar-refractivity contribution in [2.75, 3.05) is 10.6 Å². The van der Waals surface area contributed by atoms with E-state index in [0.29, 0.717) is 5.69 Å². The molecule has 2 aromatic carbocycles. The average Bonchev–Trinajstić information content (AvgIpc) is 2.54. The summed E-state index contributed by atoms with van der Waals surface area (Å²) in [5.41, 5.74) is 0.145. The molecule has 0 unspecified atom stereocenters. The van der Waals surface area contributed by atoms with Gasteiger partial charge in [-0.2, -0.15) is 0 Å². The van der Waals surface area contributed by atoms with Gasteiger partial charge in [-0.1, -0.05) is 6.07 Å². The van der Waals surface area contributed by atoms with Gasteiger partial charge in [0.1, 0.15) is 0 Å². The molecule has 2 aromatic rings. The van der Waals surface area contributed by atoms with Crippen LogP contribution < -0.4 is 10.6 Å². The molecule has 0 spiro atoms. The molecular weight excluding hydrogens is 328 g/mol. The van der Waals surface area contributed by atoms with Gasteiger partial charge >= 0.3 is 11.9 Å². The SMILES string of the molecule is CC(=O)Nc1cccc(C(=O)Nc2cc(C(=O)O)cc(C(=O)O)c2)c1. The number of carbonyl (C=O) groups excluding carboxylic acids is 2. The molecule has 0 aliphatic carbocycles. The molecule has 0 atom stereocenters. The van der Waals surface area contributed by atoms with Crippen molar-refractivity contribution in [3.63, 3.8) is 0 Å². The maximum absolute atomic E-state index is 12.3. The fraction of sp³-hybridized carbons (Fsp3) is 0.0588. The highest BCUT2D eigenvalue weighted by atomic mass is 16.4. The number of aromatic carboxylic acids is 2. The Bertz CT molecular complexity index is 843. The first-order valence-corrected chi connectivity index (χ1v) is 7.07. The van der Waals surface area contributed by atoms with Crippen LogP contribution in [-0.4, -0.2) is 34.0 Å². The predicted molar refractivity (Wildman–Crippen MR) is 89.1 cm³/mol. The Morgan fingerprint density at radius 3 is 1.84 bits per heavy atom. The van der Waals surface area contributed by atoms with E-state index in [-0.39, 0.29) is 28.3 Å². The second-order valence-electron chi connectivity index (χ2n) is 5.13. The number of carbonyl (C=O) groups is 4. The Labute approximate surface area is 142 Å². The molecule has 4 N–H and O–H groups in total. The van der Waals surface area contributed by atoms with Crippen molar-refractivity contribution in [3.8, 4) is 0 Å². The normalized spacial score (nSPS) is 9.96. The van der Waals surface area contributed by atoms with E-state index in [4.69, 9.17) is 10.2 Å². The number of amides is 2. The van der Waals surface area contributed by atoms with Gasteiger partial charge in [0, 0.05) is 23.9 Å². The van der Waals surface area contributed by atoms with Crippen LogP contribution in [0.25, 0.3) is 0 Å². The van der Waals surface area contributed by atoms with Gasteiger partial charge in [0.25, 0.3) is 5.91 Å². The number of carboxylic acid groups (broad SMARTS) is 2. The van der Waals surface area contributed by atoms with E-state index in [9.17, 15) is 19.2 Å². The summed E-state index contributed by atoms with van der Waals surface area (Å²) in [4.78, 5) is 45.5. The fourth-order valence-electron chi connectivity index (χ4n) is 2.09. The Balaban J connectivity index is 2.29. The highest BCUT2D eigenvalue weighted by Crippen LogP contribution is 2.18. The molecule has 2 rings (SSSR count). The first-order chi connectivity index (χ1) is 11.8. The Morgan fingerprint density at radius 2 is 1.32 bits per heavy atom. The average molecular weight is 342 g/mol. The van der Waals surface area contributed by atoms with Crippen LogP contribution in [-0.2, 0) is 4.79 Å². The first-order valence-electron chi connectivity index (χ1n) is 7.07. The van der Waals surface area contributed by atoms with E-state index in [1.807, 2.05) is 0 Å². The summed E-state index contributed by atoms with van der Waals surface area (Å²) < 4.78 is 0. The van der Waals surface area contributed by atoms with Gasteiger partial charge in [0.05, 0.1) is 11.1 Å². The molecule has 128 valence electrons. The summed E-state index contributed by atoms with van der Waals surface area (Å²) in [7, 11) is 0. The van der Waals surface area contributed by atoms with Crippen molar-refractivity contribution in [2.45, 2.75) is 6.92 Å². The third-order valence-electron chi connectivity index (χ3n) is 3.13. The zero-order valence-electron chi connectivity index (χ0n) is 13.1. The van der Waals surface area contributed by atoms with E-state index in [1.165, 1.54) is 19.1 Å². The van der Waals surface area contributed by atoms with Crippen LogP contribution in [0, 0.1) is 0 Å². The van der Waals surface area contributed by atoms with Crippen molar-refractivity contribution in [2.24, 2.45) is 0 Å². The van der Waals surface area contributed by atoms with Crippen molar-refractivity contribution in [1.82, 2.24) is 0 Å². The summed E-state index contributed by atoms with van der Waals surface area (Å²) in [5, 5.41) is 23.1. The standard InChI is InChI=1S/C17H14N2O6/c1-9(20)18-13-4-2-3-10(6-13)15(21)19-14-7-11(16(22)23)5-12(8-14)17(24)25/h2-8H,1H3,(H,18,20)(H,19,21)(H,22,23)(H,24,25). The largest absolute Gasteiger partial charge is 0.478 e. The van der Waals surface area contributed by atoms with Crippen LogP contribution in [0.2, 0.25) is 0 Å². The smallest absolute Gasteiger partial charge is 0.335 e. The molecule has 0 aliphatic heterocycles. The fourth-order valence-corrected chi connectivity index (χ4v) is 2.09. The number of rotatable bonds is 5. The zero-order chi connectivity index (χ0) is 18.6. The van der Waals surface area contributed by atoms with Crippen LogP contribution in [0.1, 0.15) is 38.0 Å². The van der Waals surface area contributed by atoms with Gasteiger partial charge < -0.3 is 20.8 Å². The Kier molecular flexibility index (Phi) is 5.13. The van der Waals surface area contributed by atoms with Crippen LogP contribution in [0.5, 0.6) is 0 Å². The monoisotopic (exact) mass is 342 g/mol. The molecule has 0 fully saturated rings. The summed E-state index contributed by atoms with van der Waals surface area (Å²) >= 11 is 0. The quantitative estimate of drug-likeness (QED) is 0.659. The second-order valence-corrected chi connectivity index (χ2v) is 5.13. The molecular formula is C17H14N2O6. The topological polar surface area (TPSA) is 133 Å². The third-order valence-corrected chi connectivity index (χ3v) is 3.13. The van der Waals surface area contributed by atoms with Crippen LogP contribution in [0.15, 0.2) is 42.5 Å². The van der Waals surface area contributed by atoms with E-state index >= 15 is 0 Å². The molecule has 0 saturated carbocycles. The summed E-state index contributed by atoms with van der Waals surface area (Å²) in [6, 6.07) is 9.42. The van der Waals surface area contributed by atoms with E-state index < -0.39 is 17.8 Å². The molecule has 25 heavy (non-hydrogen) atoms. The van der Waals surface area contributed by atoms with Crippen LogP contribution in [0.4, 0.5) is 11.4 Å². The highest BCUT2D eigenvalue weighted by Gasteiger charge is 2.14. The minimum Gasteiger partial charge on any atom is -0.478 e. The number of hydrogen-bond donors (Lipinski definition) is 4. The van der Waals surface area contributed by atoms with Gasteiger partial charge in [-0.25, -0.2) is 9.59 Å². The summed E-state index contributed by atoms with van der Waals surface area (Å²) in [6.45, 7) is 1.33. The number of benzene rings is 2. The molecule has 0 radical (unpaired) electrons. The van der Waals surface area contributed by atoms with Crippen LogP contribution >= 0.6 is 0 Å². The number of anilines is 2. The molecule has 8 nitrogen and oxygen atoms in total. The predicted octanol–water partition coefficient (Wildman–Crippen LogP) is 2.29. The zero-order valence-corrected chi connectivity index (χ0v) is 13.1. The van der Waals surface area contributed by atoms with Crippen LogP contribution in [0.3, 0.4) is 0 Å². The van der Waals surface area contributed by atoms with E-state index in [2.05, 4.69) is 10.6 Å². The van der Waals surface area contributed by atoms with Gasteiger partial charge in [-0.3, -0.25) is 9.59 Å². The summed E-state index contributed by atoms with van der Waals surface area (Å²) in [5.74, 6) is -3.50. The maximum atomic E-state index is 12.3. The number of carboxylic acids is 2. The summed E-state index contributed by atoms with van der Waals surface area (Å²) in [6.07, 6.45) is 0. The van der Waals surface area contributed by atoms with E-state index in [1.54, 1.807) is 12.1 Å². The maximum Gasteiger partial charge on any atom is 0.335 e. The van der Waals surface area contributed by atoms with Gasteiger partial charge in [-0.05, 0) is 36.4 Å². The van der Waals surface area contributed by atoms with Crippen molar-refractivity contribution < 1.29 is 29.4 Å². The second kappa shape index (κ2) is 7.26. The molecule has 0 bridgehead atoms.